The van der Waals surface area contributed by atoms with Crippen LogP contribution in [0.5, 0.6) is 0 Å². The zero-order valence-corrected chi connectivity index (χ0v) is 20.8. The van der Waals surface area contributed by atoms with E-state index in [1.165, 1.54) is 0 Å². The van der Waals surface area contributed by atoms with Gasteiger partial charge in [0.2, 0.25) is 11.8 Å². The molecule has 2 amide bonds. The minimum absolute atomic E-state index is 0.0360. The Bertz CT molecular complexity index is 959. The average Bonchev–Trinajstić information content (AvgIpc) is 2.83. The van der Waals surface area contributed by atoms with Crippen molar-refractivity contribution in [2.75, 3.05) is 6.54 Å². The van der Waals surface area contributed by atoms with Crippen molar-refractivity contribution in [1.29, 1.82) is 0 Å². The number of amides is 2. The maximum atomic E-state index is 13.2. The van der Waals surface area contributed by atoms with Gasteiger partial charge in [0.25, 0.3) is 0 Å². The molecule has 0 unspecified atom stereocenters. The van der Waals surface area contributed by atoms with E-state index < -0.39 is 43.0 Å². The lowest BCUT2D eigenvalue weighted by molar-refractivity contribution is -0.142. The van der Waals surface area contributed by atoms with E-state index >= 15 is 0 Å². The van der Waals surface area contributed by atoms with E-state index in [2.05, 4.69) is 16.0 Å². The van der Waals surface area contributed by atoms with Gasteiger partial charge in [0.1, 0.15) is 12.1 Å². The zero-order chi connectivity index (χ0) is 26.5. The lowest BCUT2D eigenvalue weighted by atomic mass is 9.86. The molecule has 6 N–H and O–H groups in total. The van der Waals surface area contributed by atoms with E-state index in [9.17, 15) is 19.5 Å². The second-order valence-electron chi connectivity index (χ2n) is 9.25. The summed E-state index contributed by atoms with van der Waals surface area (Å²) in [5, 5.41) is 36.4. The average molecular weight is 497 g/mol. The van der Waals surface area contributed by atoms with Gasteiger partial charge in [-0.1, -0.05) is 74.5 Å². The molecule has 2 rings (SSSR count). The number of rotatable bonds is 15. The molecule has 0 fully saturated rings. The predicted molar refractivity (Wildman–Crippen MR) is 138 cm³/mol. The Balaban J connectivity index is 2.13. The molecule has 194 valence electrons. The van der Waals surface area contributed by atoms with Gasteiger partial charge in [-0.2, -0.15) is 0 Å². The molecule has 2 aromatic carbocycles. The largest absolute Gasteiger partial charge is 0.480 e. The van der Waals surface area contributed by atoms with Crippen LogP contribution in [0.25, 0.3) is 0 Å². The van der Waals surface area contributed by atoms with Crippen molar-refractivity contribution < 1.29 is 29.5 Å². The van der Waals surface area contributed by atoms with Crippen LogP contribution in [0.1, 0.15) is 31.4 Å². The molecule has 0 saturated heterocycles. The van der Waals surface area contributed by atoms with E-state index in [1.807, 2.05) is 50.2 Å². The molecule has 2 aromatic rings. The quantitative estimate of drug-likeness (QED) is 0.201. The first kappa shape index (κ1) is 29.0. The summed E-state index contributed by atoms with van der Waals surface area (Å²) in [6.07, 6.45) is 0.804. The standard InChI is InChI=1S/C26H36BN3O6/c1-18(2)15-22(25(32)30-23(26(33)34)17-20-11-7-4-8-12-20)29-24(31)21(28-14-13-27(35)36)16-19-9-5-3-6-10-19/h3-12,18,21-23,28,35-36H,13-17H2,1-2H3,(H,29,31)(H,30,32)(H,33,34)/t21-,22-,23-/m1/s1. The number of carbonyl (C=O) groups is 3. The van der Waals surface area contributed by atoms with Crippen LogP contribution in [-0.4, -0.2) is 64.7 Å². The smallest absolute Gasteiger partial charge is 0.452 e. The predicted octanol–water partition coefficient (Wildman–Crippen LogP) is 1.00. The summed E-state index contributed by atoms with van der Waals surface area (Å²) in [5.74, 6) is -2.09. The first-order valence-corrected chi connectivity index (χ1v) is 12.2. The fraction of sp³-hybridized carbons (Fsp3) is 0.423. The van der Waals surface area contributed by atoms with Crippen molar-refractivity contribution >= 4 is 24.9 Å². The highest BCUT2D eigenvalue weighted by molar-refractivity contribution is 6.41. The normalized spacial score (nSPS) is 13.5. The summed E-state index contributed by atoms with van der Waals surface area (Å²) in [5.41, 5.74) is 1.67. The van der Waals surface area contributed by atoms with Gasteiger partial charge in [-0.25, -0.2) is 4.79 Å². The zero-order valence-electron chi connectivity index (χ0n) is 20.8. The number of aliphatic carboxylic acids is 1. The first-order valence-electron chi connectivity index (χ1n) is 12.2. The molecule has 0 spiro atoms. The van der Waals surface area contributed by atoms with Gasteiger partial charge >= 0.3 is 13.1 Å². The van der Waals surface area contributed by atoms with Crippen LogP contribution < -0.4 is 16.0 Å². The summed E-state index contributed by atoms with van der Waals surface area (Å²) in [4.78, 5) is 38.2. The van der Waals surface area contributed by atoms with Crippen molar-refractivity contribution in [1.82, 2.24) is 16.0 Å². The maximum absolute atomic E-state index is 13.2. The highest BCUT2D eigenvalue weighted by Gasteiger charge is 2.29. The number of carbonyl (C=O) groups excluding carboxylic acids is 2. The minimum Gasteiger partial charge on any atom is -0.480 e. The summed E-state index contributed by atoms with van der Waals surface area (Å²) in [7, 11) is -1.50. The SMILES string of the molecule is CC(C)C[C@@H](NC(=O)[C@@H](Cc1ccccc1)NCCB(O)O)C(=O)N[C@H](Cc1ccccc1)C(=O)O. The van der Waals surface area contributed by atoms with E-state index in [4.69, 9.17) is 10.0 Å². The molecule has 0 aliphatic carbocycles. The highest BCUT2D eigenvalue weighted by Crippen LogP contribution is 2.10. The van der Waals surface area contributed by atoms with Crippen LogP contribution in [0.3, 0.4) is 0 Å². The number of nitrogens with one attached hydrogen (secondary N) is 3. The lowest BCUT2D eigenvalue weighted by Gasteiger charge is -2.26. The number of hydrogen-bond acceptors (Lipinski definition) is 6. The van der Waals surface area contributed by atoms with Gasteiger partial charge in [0.05, 0.1) is 6.04 Å². The van der Waals surface area contributed by atoms with Crippen LogP contribution in [0, 0.1) is 5.92 Å². The molecule has 3 atom stereocenters. The molecule has 0 radical (unpaired) electrons. The Morgan fingerprint density at radius 2 is 1.25 bits per heavy atom. The highest BCUT2D eigenvalue weighted by atomic mass is 16.4. The van der Waals surface area contributed by atoms with Gasteiger partial charge in [0.15, 0.2) is 0 Å². The Morgan fingerprint density at radius 1 is 0.778 bits per heavy atom. The van der Waals surface area contributed by atoms with E-state index in [1.54, 1.807) is 24.3 Å². The van der Waals surface area contributed by atoms with Crippen molar-refractivity contribution in [3.8, 4) is 0 Å². The lowest BCUT2D eigenvalue weighted by Crippen LogP contribution is -2.56. The van der Waals surface area contributed by atoms with E-state index in [-0.39, 0.29) is 25.2 Å². The summed E-state index contributed by atoms with van der Waals surface area (Å²) in [6, 6.07) is 15.5. The van der Waals surface area contributed by atoms with Gasteiger partial charge in [-0.3, -0.25) is 9.59 Å². The molecule has 0 heterocycles. The van der Waals surface area contributed by atoms with Crippen molar-refractivity contribution in [2.24, 2.45) is 5.92 Å². The molecule has 0 aliphatic heterocycles. The Hall–Kier alpha value is -3.21. The van der Waals surface area contributed by atoms with E-state index in [0.29, 0.717) is 12.8 Å². The second kappa shape index (κ2) is 15.0. The van der Waals surface area contributed by atoms with Crippen LogP contribution in [0.15, 0.2) is 60.7 Å². The number of carboxylic acid groups (broad SMARTS) is 1. The van der Waals surface area contributed by atoms with Crippen molar-refractivity contribution in [3.05, 3.63) is 71.8 Å². The third-order valence-corrected chi connectivity index (χ3v) is 5.63. The van der Waals surface area contributed by atoms with Crippen molar-refractivity contribution in [3.63, 3.8) is 0 Å². The van der Waals surface area contributed by atoms with Gasteiger partial charge < -0.3 is 31.1 Å². The Morgan fingerprint density at radius 3 is 1.72 bits per heavy atom. The molecule has 0 aromatic heterocycles. The summed E-state index contributed by atoms with van der Waals surface area (Å²) < 4.78 is 0. The monoisotopic (exact) mass is 497 g/mol. The molecule has 9 nitrogen and oxygen atoms in total. The number of hydrogen-bond donors (Lipinski definition) is 6. The second-order valence-corrected chi connectivity index (χ2v) is 9.25. The molecule has 0 bridgehead atoms. The number of benzene rings is 2. The maximum Gasteiger partial charge on any atom is 0.452 e. The molecule has 10 heteroatoms. The van der Waals surface area contributed by atoms with Crippen LogP contribution in [-0.2, 0) is 27.2 Å². The minimum atomic E-state index is -1.50. The summed E-state index contributed by atoms with van der Waals surface area (Å²) in [6.45, 7) is 4.00. The Kier molecular flexibility index (Phi) is 12.1. The van der Waals surface area contributed by atoms with Crippen LogP contribution in [0.2, 0.25) is 6.32 Å². The molecule has 0 aliphatic rings. The third kappa shape index (κ3) is 10.6. The molecule has 0 saturated carbocycles. The molecule has 36 heavy (non-hydrogen) atoms. The van der Waals surface area contributed by atoms with Crippen molar-refractivity contribution in [2.45, 2.75) is 57.6 Å². The fourth-order valence-corrected chi connectivity index (χ4v) is 3.79. The van der Waals surface area contributed by atoms with Gasteiger partial charge in [-0.05, 0) is 42.8 Å². The number of carboxylic acids is 1. The molecular weight excluding hydrogens is 461 g/mol. The molecular formula is C26H36BN3O6. The van der Waals surface area contributed by atoms with Crippen LogP contribution >= 0.6 is 0 Å². The topological polar surface area (TPSA) is 148 Å². The van der Waals surface area contributed by atoms with Crippen LogP contribution in [0.4, 0.5) is 0 Å². The summed E-state index contributed by atoms with van der Waals surface area (Å²) >= 11 is 0. The Labute approximate surface area is 212 Å². The third-order valence-electron chi connectivity index (χ3n) is 5.63. The fourth-order valence-electron chi connectivity index (χ4n) is 3.79. The van der Waals surface area contributed by atoms with Gasteiger partial charge in [-0.15, -0.1) is 0 Å². The first-order chi connectivity index (χ1) is 17.2. The van der Waals surface area contributed by atoms with E-state index in [0.717, 1.165) is 11.1 Å². The van der Waals surface area contributed by atoms with Gasteiger partial charge in [0, 0.05) is 6.42 Å².